The highest BCUT2D eigenvalue weighted by Crippen LogP contribution is 2.36. The van der Waals surface area contributed by atoms with E-state index in [4.69, 9.17) is 13.9 Å². The van der Waals surface area contributed by atoms with Crippen LogP contribution in [0.2, 0.25) is 0 Å². The number of carbonyl (C=O) groups excluding carboxylic acids is 1. The molecule has 0 bridgehead atoms. The van der Waals surface area contributed by atoms with E-state index in [1.165, 1.54) is 0 Å². The highest BCUT2D eigenvalue weighted by atomic mass is 32.2. The first-order valence-corrected chi connectivity index (χ1v) is 10.2. The minimum atomic E-state index is -0.0276. The van der Waals surface area contributed by atoms with E-state index in [9.17, 15) is 4.79 Å². The fraction of sp³-hybridized carbons (Fsp3) is 0.300. The number of furan rings is 1. The third-order valence-electron chi connectivity index (χ3n) is 4.97. The molecule has 1 N–H and O–H groups in total. The summed E-state index contributed by atoms with van der Waals surface area (Å²) in [5, 5.41) is 7.50. The van der Waals surface area contributed by atoms with E-state index in [-0.39, 0.29) is 12.7 Å². The van der Waals surface area contributed by atoms with Gasteiger partial charge in [0.2, 0.25) is 6.79 Å². The lowest BCUT2D eigenvalue weighted by molar-refractivity contribution is 0.0760. The van der Waals surface area contributed by atoms with E-state index in [0.29, 0.717) is 35.5 Å². The third kappa shape index (κ3) is 3.24. The molecule has 7 nitrogen and oxygen atoms in total. The van der Waals surface area contributed by atoms with E-state index in [0.717, 1.165) is 29.2 Å². The number of aromatic amines is 1. The Morgan fingerprint density at radius 1 is 1.18 bits per heavy atom. The maximum Gasteiger partial charge on any atom is 0.271 e. The standard InChI is InChI=1S/C20H19N3O4S/c24-20(23-6-5-19(28-9-7-23)17-2-1-8-25-17)15-11-14(21-22-15)13-3-4-16-18(10-13)27-12-26-16/h1-4,8,10-11,19H,5-7,9,12H2,(H,21,22). The van der Waals surface area contributed by atoms with Crippen LogP contribution in [0.1, 0.15) is 27.9 Å². The zero-order valence-electron chi connectivity index (χ0n) is 15.1. The molecule has 144 valence electrons. The van der Waals surface area contributed by atoms with Gasteiger partial charge in [0.25, 0.3) is 5.91 Å². The smallest absolute Gasteiger partial charge is 0.271 e. The molecule has 0 saturated carbocycles. The number of thioether (sulfide) groups is 1. The number of hydrogen-bond acceptors (Lipinski definition) is 6. The summed E-state index contributed by atoms with van der Waals surface area (Å²) in [5.41, 5.74) is 2.08. The van der Waals surface area contributed by atoms with Crippen LogP contribution in [0.4, 0.5) is 0 Å². The number of rotatable bonds is 3. The van der Waals surface area contributed by atoms with Gasteiger partial charge in [-0.1, -0.05) is 0 Å². The average molecular weight is 397 g/mol. The Bertz CT molecular complexity index is 985. The van der Waals surface area contributed by atoms with Crippen molar-refractivity contribution in [2.75, 3.05) is 25.6 Å². The number of hydrogen-bond donors (Lipinski definition) is 1. The second-order valence-electron chi connectivity index (χ2n) is 6.69. The molecule has 0 radical (unpaired) electrons. The van der Waals surface area contributed by atoms with E-state index in [1.807, 2.05) is 47.0 Å². The summed E-state index contributed by atoms with van der Waals surface area (Å²) in [6.07, 6.45) is 2.57. The van der Waals surface area contributed by atoms with Crippen molar-refractivity contribution in [2.24, 2.45) is 0 Å². The van der Waals surface area contributed by atoms with Gasteiger partial charge in [-0.05, 0) is 42.8 Å². The summed E-state index contributed by atoms with van der Waals surface area (Å²) in [4.78, 5) is 14.8. The van der Waals surface area contributed by atoms with Gasteiger partial charge >= 0.3 is 0 Å². The Kier molecular flexibility index (Phi) is 4.48. The highest BCUT2D eigenvalue weighted by Gasteiger charge is 2.25. The van der Waals surface area contributed by atoms with E-state index in [2.05, 4.69) is 10.2 Å². The molecule has 0 spiro atoms. The number of amides is 1. The molecule has 3 aromatic rings. The molecule has 1 amide bonds. The molecule has 1 atom stereocenters. The normalized spacial score (nSPS) is 18.9. The van der Waals surface area contributed by atoms with E-state index < -0.39 is 0 Å². The fourth-order valence-electron chi connectivity index (χ4n) is 3.48. The Morgan fingerprint density at radius 3 is 3.00 bits per heavy atom. The summed E-state index contributed by atoms with van der Waals surface area (Å²) >= 11 is 1.83. The number of aromatic nitrogens is 2. The van der Waals surface area contributed by atoms with Crippen LogP contribution in [0.3, 0.4) is 0 Å². The number of nitrogens with one attached hydrogen (secondary N) is 1. The van der Waals surface area contributed by atoms with Crippen LogP contribution in [0.15, 0.2) is 47.1 Å². The summed E-state index contributed by atoms with van der Waals surface area (Å²) in [6, 6.07) is 11.3. The average Bonchev–Trinajstić information content (AvgIpc) is 3.46. The quantitative estimate of drug-likeness (QED) is 0.726. The van der Waals surface area contributed by atoms with Crippen molar-refractivity contribution in [3.05, 3.63) is 54.1 Å². The largest absolute Gasteiger partial charge is 0.468 e. The zero-order chi connectivity index (χ0) is 18.9. The van der Waals surface area contributed by atoms with Crippen LogP contribution in [0.25, 0.3) is 11.3 Å². The fourth-order valence-corrected chi connectivity index (χ4v) is 4.66. The lowest BCUT2D eigenvalue weighted by Gasteiger charge is -2.19. The molecule has 1 fully saturated rings. The Balaban J connectivity index is 1.29. The number of ether oxygens (including phenoxy) is 2. The molecule has 2 aliphatic heterocycles. The van der Waals surface area contributed by atoms with Crippen LogP contribution in [0.5, 0.6) is 11.5 Å². The van der Waals surface area contributed by atoms with Gasteiger partial charge < -0.3 is 18.8 Å². The molecule has 5 rings (SSSR count). The summed E-state index contributed by atoms with van der Waals surface area (Å²) in [6.45, 7) is 1.63. The molecular weight excluding hydrogens is 378 g/mol. The van der Waals surface area contributed by atoms with E-state index >= 15 is 0 Å². The van der Waals surface area contributed by atoms with Crippen LogP contribution in [-0.4, -0.2) is 46.6 Å². The summed E-state index contributed by atoms with van der Waals surface area (Å²) in [7, 11) is 0. The van der Waals surface area contributed by atoms with Crippen molar-refractivity contribution in [1.29, 1.82) is 0 Å². The molecule has 1 aromatic carbocycles. The predicted octanol–water partition coefficient (Wildman–Crippen LogP) is 3.72. The SMILES string of the molecule is O=C(c1cc(-c2ccc3c(c2)OCO3)n[nH]1)N1CCSC(c2ccco2)CC1. The summed E-state index contributed by atoms with van der Waals surface area (Å²) in [5.74, 6) is 3.25. The van der Waals surface area contributed by atoms with Crippen LogP contribution in [0, 0.1) is 0 Å². The monoisotopic (exact) mass is 397 g/mol. The Labute approximate surface area is 166 Å². The van der Waals surface area contributed by atoms with Gasteiger partial charge in [0.05, 0.1) is 17.2 Å². The molecule has 2 aromatic heterocycles. The minimum absolute atomic E-state index is 0.0276. The van der Waals surface area contributed by atoms with Crippen molar-refractivity contribution in [2.45, 2.75) is 11.7 Å². The van der Waals surface area contributed by atoms with Gasteiger partial charge in [0, 0.05) is 24.4 Å². The second kappa shape index (κ2) is 7.27. The molecule has 4 heterocycles. The molecule has 0 aliphatic carbocycles. The number of fused-ring (bicyclic) bond motifs is 1. The summed E-state index contributed by atoms with van der Waals surface area (Å²) < 4.78 is 16.3. The van der Waals surface area contributed by atoms with Crippen molar-refractivity contribution < 1.29 is 18.7 Å². The van der Waals surface area contributed by atoms with Crippen LogP contribution >= 0.6 is 11.8 Å². The molecular formula is C20H19N3O4S. The maximum absolute atomic E-state index is 13.0. The second-order valence-corrected chi connectivity index (χ2v) is 8.00. The van der Waals surface area contributed by atoms with Crippen molar-refractivity contribution in [3.63, 3.8) is 0 Å². The maximum atomic E-state index is 13.0. The number of nitrogens with zero attached hydrogens (tertiary/aromatic N) is 2. The van der Waals surface area contributed by atoms with Gasteiger partial charge in [0.1, 0.15) is 11.5 Å². The predicted molar refractivity (Wildman–Crippen MR) is 105 cm³/mol. The van der Waals surface area contributed by atoms with Gasteiger partial charge in [-0.15, -0.1) is 11.8 Å². The van der Waals surface area contributed by atoms with Gasteiger partial charge in [0.15, 0.2) is 11.5 Å². The number of H-pyrrole nitrogens is 1. The van der Waals surface area contributed by atoms with Crippen LogP contribution in [-0.2, 0) is 0 Å². The van der Waals surface area contributed by atoms with Crippen molar-refractivity contribution in [3.8, 4) is 22.8 Å². The Hall–Kier alpha value is -2.87. The molecule has 8 heteroatoms. The van der Waals surface area contributed by atoms with Gasteiger partial charge in [-0.25, -0.2) is 0 Å². The molecule has 1 saturated heterocycles. The first-order valence-electron chi connectivity index (χ1n) is 9.17. The zero-order valence-corrected chi connectivity index (χ0v) is 15.9. The molecule has 1 unspecified atom stereocenters. The third-order valence-corrected chi connectivity index (χ3v) is 6.25. The first-order chi connectivity index (χ1) is 13.8. The minimum Gasteiger partial charge on any atom is -0.468 e. The topological polar surface area (TPSA) is 80.6 Å². The number of benzene rings is 1. The van der Waals surface area contributed by atoms with Crippen molar-refractivity contribution >= 4 is 17.7 Å². The first kappa shape index (κ1) is 17.2. The van der Waals surface area contributed by atoms with Gasteiger partial charge in [-0.2, -0.15) is 5.10 Å². The lowest BCUT2D eigenvalue weighted by atomic mass is 10.1. The number of carbonyl (C=O) groups is 1. The Morgan fingerprint density at radius 2 is 2.11 bits per heavy atom. The lowest BCUT2D eigenvalue weighted by Crippen LogP contribution is -2.33. The molecule has 28 heavy (non-hydrogen) atoms. The van der Waals surface area contributed by atoms with Gasteiger partial charge in [-0.3, -0.25) is 9.89 Å². The van der Waals surface area contributed by atoms with E-state index in [1.54, 1.807) is 12.3 Å². The highest BCUT2D eigenvalue weighted by molar-refractivity contribution is 7.99. The van der Waals surface area contributed by atoms with Crippen molar-refractivity contribution in [1.82, 2.24) is 15.1 Å². The molecule has 2 aliphatic rings. The van der Waals surface area contributed by atoms with Crippen LogP contribution < -0.4 is 9.47 Å².